The maximum Gasteiger partial charge on any atom is 0.263 e. The van der Waals surface area contributed by atoms with E-state index < -0.39 is 10.0 Å². The number of rotatable bonds is 3. The van der Waals surface area contributed by atoms with Gasteiger partial charge in [-0.05, 0) is 12.1 Å². The quantitative estimate of drug-likeness (QED) is 0.861. The highest BCUT2D eigenvalue weighted by atomic mass is 127. The van der Waals surface area contributed by atoms with Gasteiger partial charge in [0.05, 0.1) is 27.8 Å². The Bertz CT molecular complexity index is 580. The van der Waals surface area contributed by atoms with E-state index in [1.807, 2.05) is 22.9 Å². The van der Waals surface area contributed by atoms with E-state index in [1.165, 1.54) is 15.0 Å². The molecule has 0 bridgehead atoms. The van der Waals surface area contributed by atoms with Gasteiger partial charge in [0.15, 0.2) is 5.82 Å². The summed E-state index contributed by atoms with van der Waals surface area (Å²) in [7, 11) is -3.53. The molecule has 7 heteroatoms. The van der Waals surface area contributed by atoms with Gasteiger partial charge < -0.3 is 0 Å². The molecule has 1 aromatic carbocycles. The van der Waals surface area contributed by atoms with Crippen LogP contribution in [0.3, 0.4) is 0 Å². The van der Waals surface area contributed by atoms with E-state index in [-0.39, 0.29) is 4.90 Å². The Morgan fingerprint density at radius 2 is 1.88 bits per heavy atom. The summed E-state index contributed by atoms with van der Waals surface area (Å²) in [6.45, 7) is 0. The first kappa shape index (κ1) is 11.4. The lowest BCUT2D eigenvalue weighted by atomic mass is 10.4. The van der Waals surface area contributed by atoms with Crippen LogP contribution in [0.4, 0.5) is 5.82 Å². The van der Waals surface area contributed by atoms with E-state index in [0.717, 1.165) is 0 Å². The van der Waals surface area contributed by atoms with Crippen LogP contribution in [0.15, 0.2) is 47.5 Å². The highest BCUT2D eigenvalue weighted by Gasteiger charge is 2.14. The average Bonchev–Trinajstić information content (AvgIpc) is 2.64. The molecule has 84 valence electrons. The summed E-state index contributed by atoms with van der Waals surface area (Å²) in [5, 5.41) is 3.93. The third kappa shape index (κ3) is 2.53. The third-order valence-corrected chi connectivity index (χ3v) is 3.76. The first-order chi connectivity index (χ1) is 7.58. The van der Waals surface area contributed by atoms with Gasteiger partial charge in [0, 0.05) is 12.3 Å². The van der Waals surface area contributed by atoms with Gasteiger partial charge in [-0.2, -0.15) is 0 Å². The van der Waals surface area contributed by atoms with Crippen LogP contribution < -0.4 is 4.72 Å². The Hall–Kier alpha value is -1.09. The van der Waals surface area contributed by atoms with E-state index >= 15 is 0 Å². The van der Waals surface area contributed by atoms with Crippen molar-refractivity contribution in [3.63, 3.8) is 0 Å². The summed E-state index contributed by atoms with van der Waals surface area (Å²) in [5.41, 5.74) is 0. The van der Waals surface area contributed by atoms with E-state index in [4.69, 9.17) is 0 Å². The van der Waals surface area contributed by atoms with Crippen LogP contribution in [0.5, 0.6) is 0 Å². The minimum atomic E-state index is -3.53. The molecule has 16 heavy (non-hydrogen) atoms. The normalized spacial score (nSPS) is 11.3. The molecule has 1 heterocycles. The Kier molecular flexibility index (Phi) is 3.15. The van der Waals surface area contributed by atoms with Crippen LogP contribution in [-0.4, -0.2) is 16.4 Å². The predicted octanol–water partition coefficient (Wildman–Crippen LogP) is 1.88. The molecular formula is C9H8IN3O2S. The zero-order valence-electron chi connectivity index (χ0n) is 8.04. The lowest BCUT2D eigenvalue weighted by Gasteiger charge is -2.04. The third-order valence-electron chi connectivity index (χ3n) is 1.85. The predicted molar refractivity (Wildman–Crippen MR) is 68.9 cm³/mol. The summed E-state index contributed by atoms with van der Waals surface area (Å²) < 4.78 is 27.6. The molecule has 0 unspecified atom stereocenters. The molecule has 0 fully saturated rings. The van der Waals surface area contributed by atoms with E-state index in [0.29, 0.717) is 5.82 Å². The average molecular weight is 349 g/mol. The Balaban J connectivity index is 2.28. The van der Waals surface area contributed by atoms with E-state index in [9.17, 15) is 8.42 Å². The van der Waals surface area contributed by atoms with Crippen molar-refractivity contribution in [2.24, 2.45) is 0 Å². The number of benzene rings is 1. The standard InChI is InChI=1S/C9H8IN3O2S/c10-13-7-6-9(11-13)12-16(14,15)8-4-2-1-3-5-8/h1-7H,(H,11,12). The molecule has 2 aromatic rings. The fourth-order valence-corrected chi connectivity index (χ4v) is 2.56. The number of sulfonamides is 1. The zero-order chi connectivity index (χ0) is 11.6. The number of nitrogens with one attached hydrogen (secondary N) is 1. The molecule has 0 aliphatic rings. The van der Waals surface area contributed by atoms with Gasteiger partial charge in [-0.15, -0.1) is 5.10 Å². The Morgan fingerprint density at radius 3 is 2.44 bits per heavy atom. The lowest BCUT2D eigenvalue weighted by molar-refractivity contribution is 0.601. The van der Waals surface area contributed by atoms with Crippen molar-refractivity contribution < 1.29 is 8.42 Å². The highest BCUT2D eigenvalue weighted by Crippen LogP contribution is 2.13. The van der Waals surface area contributed by atoms with Gasteiger partial charge in [-0.25, -0.2) is 11.3 Å². The number of hydrogen-bond donors (Lipinski definition) is 1. The molecule has 0 aliphatic carbocycles. The number of halogens is 1. The molecule has 0 aliphatic heterocycles. The molecular weight excluding hydrogens is 341 g/mol. The van der Waals surface area contributed by atoms with Crippen molar-refractivity contribution in [3.05, 3.63) is 42.6 Å². The number of aromatic nitrogens is 2. The second kappa shape index (κ2) is 4.42. The molecule has 0 saturated heterocycles. The van der Waals surface area contributed by atoms with Crippen molar-refractivity contribution in [3.8, 4) is 0 Å². The van der Waals surface area contributed by atoms with Gasteiger partial charge in [0.25, 0.3) is 10.0 Å². The summed E-state index contributed by atoms with van der Waals surface area (Å²) in [5.74, 6) is 0.304. The lowest BCUT2D eigenvalue weighted by Crippen LogP contribution is -2.13. The summed E-state index contributed by atoms with van der Waals surface area (Å²) in [6.07, 6.45) is 1.66. The van der Waals surface area contributed by atoms with Gasteiger partial charge in [-0.1, -0.05) is 18.2 Å². The maximum atomic E-state index is 11.8. The zero-order valence-corrected chi connectivity index (χ0v) is 11.0. The topological polar surface area (TPSA) is 64.0 Å². The highest BCUT2D eigenvalue weighted by molar-refractivity contribution is 14.1. The molecule has 0 atom stereocenters. The smallest absolute Gasteiger partial charge is 0.262 e. The molecule has 5 nitrogen and oxygen atoms in total. The minimum Gasteiger partial charge on any atom is -0.262 e. The molecule has 1 N–H and O–H groups in total. The van der Waals surface area contributed by atoms with Crippen LogP contribution in [0.25, 0.3) is 0 Å². The Labute approximate surface area is 107 Å². The van der Waals surface area contributed by atoms with Gasteiger partial charge in [-0.3, -0.25) is 4.72 Å². The minimum absolute atomic E-state index is 0.220. The van der Waals surface area contributed by atoms with Crippen molar-refractivity contribution in [1.29, 1.82) is 0 Å². The van der Waals surface area contributed by atoms with Crippen molar-refractivity contribution in [2.45, 2.75) is 4.90 Å². The van der Waals surface area contributed by atoms with E-state index in [1.54, 1.807) is 30.5 Å². The largest absolute Gasteiger partial charge is 0.263 e. The number of nitrogens with zero attached hydrogens (tertiary/aromatic N) is 2. The number of anilines is 1. The van der Waals surface area contributed by atoms with Crippen LogP contribution in [0.1, 0.15) is 0 Å². The number of hydrogen-bond acceptors (Lipinski definition) is 3. The van der Waals surface area contributed by atoms with Gasteiger partial charge in [0.1, 0.15) is 0 Å². The summed E-state index contributed by atoms with van der Waals surface area (Å²) >= 11 is 1.94. The second-order valence-electron chi connectivity index (χ2n) is 3.01. The first-order valence-electron chi connectivity index (χ1n) is 4.38. The van der Waals surface area contributed by atoms with Gasteiger partial charge >= 0.3 is 0 Å². The van der Waals surface area contributed by atoms with Gasteiger partial charge in [0.2, 0.25) is 0 Å². The molecule has 0 amide bonds. The first-order valence-corrected chi connectivity index (χ1v) is 6.82. The van der Waals surface area contributed by atoms with Crippen molar-refractivity contribution in [1.82, 2.24) is 7.99 Å². The Morgan fingerprint density at radius 1 is 1.19 bits per heavy atom. The fourth-order valence-electron chi connectivity index (χ4n) is 1.15. The summed E-state index contributed by atoms with van der Waals surface area (Å²) in [4.78, 5) is 0.220. The summed E-state index contributed by atoms with van der Waals surface area (Å²) in [6, 6.07) is 9.76. The monoisotopic (exact) mass is 349 g/mol. The molecule has 0 saturated carbocycles. The molecule has 0 radical (unpaired) electrons. The van der Waals surface area contributed by atoms with Crippen LogP contribution in [0, 0.1) is 0 Å². The van der Waals surface area contributed by atoms with Crippen LogP contribution in [0.2, 0.25) is 0 Å². The molecule has 1 aromatic heterocycles. The van der Waals surface area contributed by atoms with E-state index in [2.05, 4.69) is 9.82 Å². The van der Waals surface area contributed by atoms with Crippen molar-refractivity contribution in [2.75, 3.05) is 4.72 Å². The van der Waals surface area contributed by atoms with Crippen molar-refractivity contribution >= 4 is 38.7 Å². The second-order valence-corrected chi connectivity index (χ2v) is 5.68. The fraction of sp³-hybridized carbons (Fsp3) is 0. The van der Waals surface area contributed by atoms with Crippen LogP contribution in [-0.2, 0) is 10.0 Å². The molecule has 0 spiro atoms. The molecule has 2 rings (SSSR count). The SMILES string of the molecule is O=S(=O)(Nc1ccn(I)n1)c1ccccc1. The maximum absolute atomic E-state index is 11.8. The van der Waals surface area contributed by atoms with Crippen LogP contribution >= 0.6 is 22.9 Å².